The van der Waals surface area contributed by atoms with Gasteiger partial charge in [0.25, 0.3) is 0 Å². The van der Waals surface area contributed by atoms with Crippen LogP contribution in [0.2, 0.25) is 0 Å². The van der Waals surface area contributed by atoms with Crippen molar-refractivity contribution in [3.63, 3.8) is 0 Å². The summed E-state index contributed by atoms with van der Waals surface area (Å²) < 4.78 is 43.1. The normalized spacial score (nSPS) is 34.7. The van der Waals surface area contributed by atoms with Crippen LogP contribution < -0.4 is 10.2 Å². The zero-order valence-electron chi connectivity index (χ0n) is 18.0. The fourth-order valence-corrected chi connectivity index (χ4v) is 6.55. The highest BCUT2D eigenvalue weighted by atomic mass is 19.4. The Kier molecular flexibility index (Phi) is 4.29. The van der Waals surface area contributed by atoms with Crippen molar-refractivity contribution in [1.82, 2.24) is 15.2 Å². The molecule has 2 bridgehead atoms. The number of nitrogens with zero attached hydrogens (tertiary/aromatic N) is 4. The van der Waals surface area contributed by atoms with Gasteiger partial charge in [-0.2, -0.15) is 18.4 Å². The molecule has 1 aliphatic carbocycles. The number of pyridine rings is 1. The molecule has 1 aromatic carbocycles. The van der Waals surface area contributed by atoms with Gasteiger partial charge in [-0.1, -0.05) is 0 Å². The van der Waals surface area contributed by atoms with Gasteiger partial charge in [-0.25, -0.2) is 0 Å². The minimum absolute atomic E-state index is 0.00926. The summed E-state index contributed by atoms with van der Waals surface area (Å²) in [5.41, 5.74) is -2.09. The molecule has 7 rings (SSSR count). The first-order valence-electron chi connectivity index (χ1n) is 11.4. The molecule has 9 heteroatoms. The van der Waals surface area contributed by atoms with Crippen LogP contribution in [0.4, 0.5) is 18.9 Å². The molecule has 4 saturated heterocycles. The van der Waals surface area contributed by atoms with E-state index in [1.807, 2.05) is 0 Å². The summed E-state index contributed by atoms with van der Waals surface area (Å²) >= 11 is 0. The first kappa shape index (κ1) is 20.7. The number of benzene rings is 1. The minimum atomic E-state index is -4.48. The molecule has 172 valence electrons. The lowest BCUT2D eigenvalue weighted by atomic mass is 9.83. The monoisotopic (exact) mass is 455 g/mol. The Morgan fingerprint density at radius 3 is 2.67 bits per heavy atom. The van der Waals surface area contributed by atoms with Crippen LogP contribution in [0.15, 0.2) is 30.5 Å². The number of nitrogens with one attached hydrogen (secondary N) is 1. The molecule has 5 aliphatic rings. The molecule has 1 amide bonds. The number of nitriles is 1. The molecule has 0 radical (unpaired) electrons. The van der Waals surface area contributed by atoms with Crippen molar-refractivity contribution in [3.05, 3.63) is 36.0 Å². The van der Waals surface area contributed by atoms with E-state index in [0.717, 1.165) is 32.5 Å². The number of hydrogen-bond donors (Lipinski definition) is 1. The number of halogens is 3. The van der Waals surface area contributed by atoms with Gasteiger partial charge in [0, 0.05) is 42.9 Å². The predicted molar refractivity (Wildman–Crippen MR) is 115 cm³/mol. The van der Waals surface area contributed by atoms with E-state index in [-0.39, 0.29) is 25.6 Å². The summed E-state index contributed by atoms with van der Waals surface area (Å²) in [6.45, 7) is 2.47. The molecule has 4 aliphatic heterocycles. The summed E-state index contributed by atoms with van der Waals surface area (Å²) in [6.07, 6.45) is -1.11. The van der Waals surface area contributed by atoms with Crippen LogP contribution in [0.1, 0.15) is 24.8 Å². The van der Waals surface area contributed by atoms with Crippen molar-refractivity contribution >= 4 is 22.5 Å². The number of carbonyl (C=O) groups excluding carboxylic acids is 1. The van der Waals surface area contributed by atoms with Crippen LogP contribution in [0.5, 0.6) is 0 Å². The quantitative estimate of drug-likeness (QED) is 0.770. The maximum Gasteiger partial charge on any atom is 0.397 e. The molecule has 5 fully saturated rings. The lowest BCUT2D eigenvalue weighted by Crippen LogP contribution is -2.58. The molecular weight excluding hydrogens is 431 g/mol. The van der Waals surface area contributed by atoms with Crippen molar-refractivity contribution < 1.29 is 18.0 Å². The number of carbonyl (C=O) groups is 1. The SMILES string of the molecule is N#Cc1ccc(N2CC3(C(=O)N[C@@H]4CN5CCC4CC5)CC3(C(F)(F)F)C2)c2cccnc12. The third-order valence-corrected chi connectivity index (χ3v) is 8.47. The van der Waals surface area contributed by atoms with Gasteiger partial charge in [0.15, 0.2) is 0 Å². The van der Waals surface area contributed by atoms with Gasteiger partial charge in [-0.15, -0.1) is 0 Å². The number of alkyl halides is 3. The second kappa shape index (κ2) is 6.83. The molecule has 1 aromatic heterocycles. The maximum atomic E-state index is 14.4. The van der Waals surface area contributed by atoms with Gasteiger partial charge in [0.2, 0.25) is 5.91 Å². The Labute approximate surface area is 189 Å². The molecule has 2 aromatic rings. The molecule has 33 heavy (non-hydrogen) atoms. The van der Waals surface area contributed by atoms with E-state index in [1.165, 1.54) is 0 Å². The van der Waals surface area contributed by atoms with Gasteiger partial charge >= 0.3 is 6.18 Å². The number of aromatic nitrogens is 1. The van der Waals surface area contributed by atoms with Crippen molar-refractivity contribution in [2.24, 2.45) is 16.7 Å². The Morgan fingerprint density at radius 1 is 1.21 bits per heavy atom. The van der Waals surface area contributed by atoms with Crippen molar-refractivity contribution in [2.45, 2.75) is 31.5 Å². The molecule has 5 heterocycles. The zero-order valence-corrected chi connectivity index (χ0v) is 18.0. The number of fused-ring (bicyclic) bond motifs is 5. The van der Waals surface area contributed by atoms with E-state index < -0.39 is 22.9 Å². The summed E-state index contributed by atoms with van der Waals surface area (Å²) in [7, 11) is 0. The molecule has 6 nitrogen and oxygen atoms in total. The predicted octanol–water partition coefficient (Wildman–Crippen LogP) is 3.08. The van der Waals surface area contributed by atoms with Gasteiger partial charge in [-0.05, 0) is 62.5 Å². The molecule has 1 saturated carbocycles. The lowest BCUT2D eigenvalue weighted by Gasteiger charge is -2.45. The first-order valence-corrected chi connectivity index (χ1v) is 11.4. The number of hydrogen-bond acceptors (Lipinski definition) is 5. The third kappa shape index (κ3) is 2.83. The fraction of sp³-hybridized carbons (Fsp3) is 0.542. The maximum absolute atomic E-state index is 14.4. The molecule has 3 atom stereocenters. The largest absolute Gasteiger partial charge is 0.397 e. The van der Waals surface area contributed by atoms with Gasteiger partial charge in [0.05, 0.1) is 16.5 Å². The van der Waals surface area contributed by atoms with E-state index in [9.17, 15) is 23.2 Å². The van der Waals surface area contributed by atoms with Gasteiger partial charge in [0.1, 0.15) is 11.5 Å². The van der Waals surface area contributed by atoms with Crippen molar-refractivity contribution in [2.75, 3.05) is 37.6 Å². The lowest BCUT2D eigenvalue weighted by molar-refractivity contribution is -0.192. The minimum Gasteiger partial charge on any atom is -0.369 e. The highest BCUT2D eigenvalue weighted by Crippen LogP contribution is 2.75. The van der Waals surface area contributed by atoms with E-state index in [4.69, 9.17) is 0 Å². The molecule has 0 spiro atoms. The molecule has 2 unspecified atom stereocenters. The number of piperidine rings is 4. The van der Waals surface area contributed by atoms with Crippen LogP contribution in [-0.4, -0.2) is 60.7 Å². The second-order valence-corrected chi connectivity index (χ2v) is 10.1. The average Bonchev–Trinajstić information content (AvgIpc) is 3.36. The number of amides is 1. The standard InChI is InChI=1S/C24H24F3N5O/c25-24(26,27)23-12-22(23,21(33)30-18-11-31-8-5-15(18)6-9-31)13-32(14-23)19-4-3-16(10-28)20-17(19)2-1-7-29-20/h1-4,7,15,18H,5-6,8-9,11-14H2,(H,30,33)/t18-,22?,23?/m1/s1. The average molecular weight is 455 g/mol. The zero-order chi connectivity index (χ0) is 23.0. The second-order valence-electron chi connectivity index (χ2n) is 10.1. The van der Waals surface area contributed by atoms with Crippen LogP contribution in [-0.2, 0) is 4.79 Å². The summed E-state index contributed by atoms with van der Waals surface area (Å²) in [5, 5.41) is 13.1. The van der Waals surface area contributed by atoms with E-state index >= 15 is 0 Å². The Bertz CT molecular complexity index is 1180. The van der Waals surface area contributed by atoms with Crippen LogP contribution >= 0.6 is 0 Å². The highest BCUT2D eigenvalue weighted by Gasteiger charge is 2.86. The van der Waals surface area contributed by atoms with E-state index in [1.54, 1.807) is 35.4 Å². The molecular formula is C24H24F3N5O. The van der Waals surface area contributed by atoms with E-state index in [0.29, 0.717) is 28.1 Å². The Hall–Kier alpha value is -2.86. The number of anilines is 1. The Balaban J connectivity index is 1.33. The topological polar surface area (TPSA) is 72.3 Å². The van der Waals surface area contributed by atoms with Crippen LogP contribution in [0, 0.1) is 28.1 Å². The Morgan fingerprint density at radius 2 is 2.00 bits per heavy atom. The first-order chi connectivity index (χ1) is 15.8. The van der Waals surface area contributed by atoms with Crippen LogP contribution in [0.25, 0.3) is 10.9 Å². The molecule has 1 N–H and O–H groups in total. The van der Waals surface area contributed by atoms with Gasteiger partial charge < -0.3 is 15.1 Å². The van der Waals surface area contributed by atoms with Crippen molar-refractivity contribution in [3.8, 4) is 6.07 Å². The highest BCUT2D eigenvalue weighted by molar-refractivity contribution is 5.97. The summed E-state index contributed by atoms with van der Waals surface area (Å²) in [5.74, 6) is -0.113. The van der Waals surface area contributed by atoms with Crippen molar-refractivity contribution in [1.29, 1.82) is 5.26 Å². The smallest absolute Gasteiger partial charge is 0.369 e. The van der Waals surface area contributed by atoms with E-state index in [2.05, 4.69) is 21.3 Å². The van der Waals surface area contributed by atoms with Crippen LogP contribution in [0.3, 0.4) is 0 Å². The number of rotatable bonds is 3. The third-order valence-electron chi connectivity index (χ3n) is 8.47. The summed E-state index contributed by atoms with van der Waals surface area (Å²) in [4.78, 5) is 21.7. The fourth-order valence-electron chi connectivity index (χ4n) is 6.55. The summed E-state index contributed by atoms with van der Waals surface area (Å²) in [6, 6.07) is 8.76. The van der Waals surface area contributed by atoms with Gasteiger partial charge in [-0.3, -0.25) is 9.78 Å².